The number of rotatable bonds is 3. The van der Waals surface area contributed by atoms with Crippen LogP contribution in [-0.2, 0) is 9.84 Å². The van der Waals surface area contributed by atoms with Crippen LogP contribution in [0.25, 0.3) is 0 Å². The van der Waals surface area contributed by atoms with Crippen LogP contribution in [0, 0.1) is 5.92 Å². The summed E-state index contributed by atoms with van der Waals surface area (Å²) in [5.74, 6) is 1.24. The van der Waals surface area contributed by atoms with Crippen LogP contribution in [0.5, 0.6) is 5.75 Å². The lowest BCUT2D eigenvalue weighted by molar-refractivity contribution is 0.222. The summed E-state index contributed by atoms with van der Waals surface area (Å²) in [5.41, 5.74) is 0.979. The normalized spacial score (nSPS) is 25.8. The van der Waals surface area contributed by atoms with E-state index in [-0.39, 0.29) is 29.5 Å². The molecule has 2 amide bonds. The molecule has 3 rings (SSSR count). The Morgan fingerprint density at radius 1 is 1.27 bits per heavy atom. The fraction of sp³-hybridized carbons (Fsp3) is 0.533. The molecule has 2 aliphatic rings. The fourth-order valence-corrected chi connectivity index (χ4v) is 4.83. The molecule has 1 aromatic rings. The minimum Gasteiger partial charge on any atom is -0.493 e. The van der Waals surface area contributed by atoms with Crippen molar-refractivity contribution in [2.75, 3.05) is 24.7 Å². The van der Waals surface area contributed by atoms with Crippen molar-refractivity contribution in [1.29, 1.82) is 0 Å². The van der Waals surface area contributed by atoms with Crippen LogP contribution < -0.4 is 15.4 Å². The molecule has 7 heteroatoms. The number of para-hydroxylation sites is 1. The zero-order valence-corrected chi connectivity index (χ0v) is 13.1. The number of carbonyl (C=O) groups is 1. The summed E-state index contributed by atoms with van der Waals surface area (Å²) in [6.07, 6.45) is 1.35. The molecule has 0 spiro atoms. The molecule has 1 aromatic carbocycles. The van der Waals surface area contributed by atoms with Gasteiger partial charge in [-0.25, -0.2) is 13.2 Å². The van der Waals surface area contributed by atoms with Gasteiger partial charge in [0.1, 0.15) is 5.75 Å². The molecule has 0 bridgehead atoms. The summed E-state index contributed by atoms with van der Waals surface area (Å²) in [6.45, 7) is 0.971. The van der Waals surface area contributed by atoms with E-state index in [1.54, 1.807) is 0 Å². The number of hydrogen-bond acceptors (Lipinski definition) is 4. The average Bonchev–Trinajstić information content (AvgIpc) is 2.85. The predicted octanol–water partition coefficient (Wildman–Crippen LogP) is 1.24. The van der Waals surface area contributed by atoms with Crippen molar-refractivity contribution in [3.63, 3.8) is 0 Å². The van der Waals surface area contributed by atoms with Crippen molar-refractivity contribution in [3.05, 3.63) is 29.8 Å². The van der Waals surface area contributed by atoms with E-state index >= 15 is 0 Å². The van der Waals surface area contributed by atoms with Crippen LogP contribution in [0.4, 0.5) is 4.79 Å². The SMILES string of the molecule is O=C(NC[C@H]1CCS(=O)(=O)C1)N[C@H]1CCOc2ccccc21. The highest BCUT2D eigenvalue weighted by molar-refractivity contribution is 7.91. The van der Waals surface area contributed by atoms with E-state index in [1.165, 1.54) is 0 Å². The summed E-state index contributed by atoms with van der Waals surface area (Å²) >= 11 is 0. The third-order valence-corrected chi connectivity index (χ3v) is 5.98. The van der Waals surface area contributed by atoms with Crippen molar-refractivity contribution in [1.82, 2.24) is 10.6 Å². The minimum atomic E-state index is -2.90. The number of carbonyl (C=O) groups excluding carboxylic acids is 1. The largest absolute Gasteiger partial charge is 0.493 e. The van der Waals surface area contributed by atoms with E-state index in [9.17, 15) is 13.2 Å². The Morgan fingerprint density at radius 3 is 2.86 bits per heavy atom. The number of benzene rings is 1. The molecule has 1 saturated heterocycles. The summed E-state index contributed by atoms with van der Waals surface area (Å²) in [4.78, 5) is 12.0. The summed E-state index contributed by atoms with van der Waals surface area (Å²) in [7, 11) is -2.90. The van der Waals surface area contributed by atoms with Gasteiger partial charge in [-0.2, -0.15) is 0 Å². The molecule has 0 unspecified atom stereocenters. The maximum absolute atomic E-state index is 12.0. The van der Waals surface area contributed by atoms with Crippen molar-refractivity contribution in [2.45, 2.75) is 18.9 Å². The molecular weight excluding hydrogens is 304 g/mol. The first kappa shape index (κ1) is 15.1. The number of sulfone groups is 1. The Kier molecular flexibility index (Phi) is 4.24. The van der Waals surface area contributed by atoms with Gasteiger partial charge in [0.2, 0.25) is 0 Å². The van der Waals surface area contributed by atoms with E-state index in [1.807, 2.05) is 24.3 Å². The second kappa shape index (κ2) is 6.16. The van der Waals surface area contributed by atoms with Crippen molar-refractivity contribution >= 4 is 15.9 Å². The molecule has 0 radical (unpaired) electrons. The molecule has 2 N–H and O–H groups in total. The van der Waals surface area contributed by atoms with Crippen LogP contribution >= 0.6 is 0 Å². The van der Waals surface area contributed by atoms with Crippen LogP contribution in [0.1, 0.15) is 24.4 Å². The lowest BCUT2D eigenvalue weighted by atomic mass is 10.0. The zero-order valence-electron chi connectivity index (χ0n) is 12.2. The smallest absolute Gasteiger partial charge is 0.315 e. The van der Waals surface area contributed by atoms with Gasteiger partial charge >= 0.3 is 6.03 Å². The van der Waals surface area contributed by atoms with E-state index in [0.717, 1.165) is 17.7 Å². The van der Waals surface area contributed by atoms with Crippen LogP contribution in [0.2, 0.25) is 0 Å². The lowest BCUT2D eigenvalue weighted by Crippen LogP contribution is -2.41. The predicted molar refractivity (Wildman–Crippen MR) is 82.6 cm³/mol. The number of fused-ring (bicyclic) bond motifs is 1. The zero-order chi connectivity index (χ0) is 15.6. The first-order valence-corrected chi connectivity index (χ1v) is 9.32. The standard InChI is InChI=1S/C15H20N2O4S/c18-15(16-9-11-6-8-22(19,20)10-11)17-13-5-7-21-14-4-2-1-3-12(13)14/h1-4,11,13H,5-10H2,(H2,16,17,18)/t11-,13+/m1/s1. The Bertz CT molecular complexity index is 659. The van der Waals surface area contributed by atoms with Gasteiger partial charge in [-0.05, 0) is 18.4 Å². The summed E-state index contributed by atoms with van der Waals surface area (Å²) < 4.78 is 28.4. The fourth-order valence-electron chi connectivity index (χ4n) is 2.97. The number of urea groups is 1. The second-order valence-corrected chi connectivity index (χ2v) is 8.08. The molecular formula is C15H20N2O4S. The van der Waals surface area contributed by atoms with Gasteiger partial charge in [0.15, 0.2) is 9.84 Å². The monoisotopic (exact) mass is 324 g/mol. The summed E-state index contributed by atoms with van der Waals surface area (Å²) in [6, 6.07) is 7.34. The van der Waals surface area contributed by atoms with Crippen molar-refractivity contribution in [3.8, 4) is 5.75 Å². The maximum Gasteiger partial charge on any atom is 0.315 e. The third kappa shape index (κ3) is 3.52. The lowest BCUT2D eigenvalue weighted by Gasteiger charge is -2.26. The summed E-state index contributed by atoms with van der Waals surface area (Å²) in [5, 5.41) is 5.73. The van der Waals surface area contributed by atoms with Crippen LogP contribution in [0.3, 0.4) is 0 Å². The molecule has 1 fully saturated rings. The van der Waals surface area contributed by atoms with Gasteiger partial charge in [0, 0.05) is 18.5 Å². The average molecular weight is 324 g/mol. The first-order valence-electron chi connectivity index (χ1n) is 7.50. The van der Waals surface area contributed by atoms with Crippen LogP contribution in [0.15, 0.2) is 24.3 Å². The van der Waals surface area contributed by atoms with Gasteiger partial charge in [-0.1, -0.05) is 18.2 Å². The Morgan fingerprint density at radius 2 is 2.09 bits per heavy atom. The first-order chi connectivity index (χ1) is 10.5. The number of ether oxygens (including phenoxy) is 1. The molecule has 22 heavy (non-hydrogen) atoms. The Hall–Kier alpha value is -1.76. The second-order valence-electron chi connectivity index (χ2n) is 5.85. The van der Waals surface area contributed by atoms with E-state index in [2.05, 4.69) is 10.6 Å². The number of nitrogens with one attached hydrogen (secondary N) is 2. The molecule has 2 aliphatic heterocycles. The highest BCUT2D eigenvalue weighted by Gasteiger charge is 2.28. The minimum absolute atomic E-state index is 0.0257. The van der Waals surface area contributed by atoms with E-state index in [4.69, 9.17) is 4.74 Å². The Labute approximate surface area is 130 Å². The number of amides is 2. The third-order valence-electron chi connectivity index (χ3n) is 4.14. The van der Waals surface area contributed by atoms with Crippen molar-refractivity contribution in [2.24, 2.45) is 5.92 Å². The molecule has 0 aliphatic carbocycles. The topological polar surface area (TPSA) is 84.5 Å². The highest BCUT2D eigenvalue weighted by atomic mass is 32.2. The molecule has 2 atom stereocenters. The quantitative estimate of drug-likeness (QED) is 0.876. The van der Waals surface area contributed by atoms with Crippen LogP contribution in [-0.4, -0.2) is 39.1 Å². The Balaban J connectivity index is 1.53. The molecule has 6 nitrogen and oxygen atoms in total. The van der Waals surface area contributed by atoms with Gasteiger partial charge in [-0.3, -0.25) is 0 Å². The number of hydrogen-bond donors (Lipinski definition) is 2. The maximum atomic E-state index is 12.0. The van der Waals surface area contributed by atoms with E-state index < -0.39 is 9.84 Å². The molecule has 0 saturated carbocycles. The van der Waals surface area contributed by atoms with E-state index in [0.29, 0.717) is 19.6 Å². The molecule has 0 aromatic heterocycles. The highest BCUT2D eigenvalue weighted by Crippen LogP contribution is 2.31. The van der Waals surface area contributed by atoms with Gasteiger partial charge in [0.25, 0.3) is 0 Å². The van der Waals surface area contributed by atoms with Gasteiger partial charge in [0.05, 0.1) is 24.2 Å². The van der Waals surface area contributed by atoms with Gasteiger partial charge in [-0.15, -0.1) is 0 Å². The van der Waals surface area contributed by atoms with Gasteiger partial charge < -0.3 is 15.4 Å². The van der Waals surface area contributed by atoms with Crippen molar-refractivity contribution < 1.29 is 17.9 Å². The molecule has 2 heterocycles. The molecule has 120 valence electrons.